The number of hydrogen-bond acceptors (Lipinski definition) is 4. The summed E-state index contributed by atoms with van der Waals surface area (Å²) in [5.41, 5.74) is -0.890. The van der Waals surface area contributed by atoms with Gasteiger partial charge < -0.3 is 19.6 Å². The van der Waals surface area contributed by atoms with E-state index < -0.39 is 11.4 Å². The molecule has 0 spiro atoms. The predicted molar refractivity (Wildman–Crippen MR) is 70.2 cm³/mol. The van der Waals surface area contributed by atoms with Crippen molar-refractivity contribution in [2.24, 2.45) is 5.41 Å². The molecule has 1 amide bonds. The molecule has 2 heterocycles. The Morgan fingerprint density at radius 3 is 2.70 bits per heavy atom. The number of ether oxygens (including phenoxy) is 1. The fourth-order valence-electron chi connectivity index (χ4n) is 2.28. The van der Waals surface area contributed by atoms with Crippen LogP contribution >= 0.6 is 0 Å². The molecule has 1 aliphatic rings. The number of carbonyl (C=O) groups is 2. The van der Waals surface area contributed by atoms with Crippen LogP contribution in [0.15, 0.2) is 22.8 Å². The van der Waals surface area contributed by atoms with Gasteiger partial charge in [0.05, 0.1) is 11.7 Å². The number of carboxylic acids is 1. The van der Waals surface area contributed by atoms with Crippen LogP contribution in [-0.2, 0) is 20.7 Å². The Labute approximate surface area is 117 Å². The molecule has 110 valence electrons. The van der Waals surface area contributed by atoms with E-state index in [1.54, 1.807) is 12.3 Å². The fraction of sp³-hybridized carbons (Fsp3) is 0.571. The highest BCUT2D eigenvalue weighted by atomic mass is 16.5. The molecule has 1 aliphatic heterocycles. The average Bonchev–Trinajstić information content (AvgIpc) is 2.97. The summed E-state index contributed by atoms with van der Waals surface area (Å²) in [4.78, 5) is 23.2. The Hall–Kier alpha value is -1.82. The third-order valence-corrected chi connectivity index (χ3v) is 3.71. The van der Waals surface area contributed by atoms with E-state index >= 15 is 0 Å². The zero-order valence-corrected chi connectivity index (χ0v) is 11.3. The summed E-state index contributed by atoms with van der Waals surface area (Å²) >= 11 is 0. The Morgan fingerprint density at radius 1 is 1.35 bits per heavy atom. The molecule has 1 aromatic heterocycles. The first kappa shape index (κ1) is 14.6. The minimum Gasteiger partial charge on any atom is -0.481 e. The van der Waals surface area contributed by atoms with Gasteiger partial charge in [-0.3, -0.25) is 9.59 Å². The van der Waals surface area contributed by atoms with Gasteiger partial charge >= 0.3 is 5.97 Å². The van der Waals surface area contributed by atoms with Crippen molar-refractivity contribution in [1.29, 1.82) is 0 Å². The summed E-state index contributed by atoms with van der Waals surface area (Å²) in [6.45, 7) is 1.01. The third-order valence-electron chi connectivity index (χ3n) is 3.71. The standard InChI is InChI=1S/C14H19NO5/c16-12(4-3-11-2-1-7-20-11)15-10-14(13(17)18)5-8-19-9-6-14/h1-2,7H,3-6,8-10H2,(H,15,16)(H,17,18). The lowest BCUT2D eigenvalue weighted by Gasteiger charge is -2.33. The molecule has 0 saturated carbocycles. The van der Waals surface area contributed by atoms with Crippen molar-refractivity contribution in [3.63, 3.8) is 0 Å². The molecule has 6 heteroatoms. The summed E-state index contributed by atoms with van der Waals surface area (Å²) in [6, 6.07) is 3.58. The number of nitrogens with one attached hydrogen (secondary N) is 1. The molecule has 20 heavy (non-hydrogen) atoms. The second-order valence-corrected chi connectivity index (χ2v) is 5.05. The first-order valence-corrected chi connectivity index (χ1v) is 6.73. The van der Waals surface area contributed by atoms with Gasteiger partial charge in [-0.25, -0.2) is 0 Å². The summed E-state index contributed by atoms with van der Waals surface area (Å²) in [6.07, 6.45) is 3.23. The first-order valence-electron chi connectivity index (χ1n) is 6.73. The van der Waals surface area contributed by atoms with Crippen molar-refractivity contribution in [3.8, 4) is 0 Å². The number of furan rings is 1. The van der Waals surface area contributed by atoms with Gasteiger partial charge in [-0.05, 0) is 25.0 Å². The Bertz CT molecular complexity index is 448. The van der Waals surface area contributed by atoms with Gasteiger partial charge in [-0.15, -0.1) is 0 Å². The highest BCUT2D eigenvalue weighted by Crippen LogP contribution is 2.30. The molecule has 0 unspecified atom stereocenters. The topological polar surface area (TPSA) is 88.8 Å². The first-order chi connectivity index (χ1) is 9.62. The quantitative estimate of drug-likeness (QED) is 0.818. The van der Waals surface area contributed by atoms with Crippen LogP contribution < -0.4 is 5.32 Å². The average molecular weight is 281 g/mol. The van der Waals surface area contributed by atoms with E-state index in [0.717, 1.165) is 5.76 Å². The van der Waals surface area contributed by atoms with E-state index in [9.17, 15) is 14.7 Å². The van der Waals surface area contributed by atoms with Crippen LogP contribution in [0.5, 0.6) is 0 Å². The Kier molecular flexibility index (Phi) is 4.79. The van der Waals surface area contributed by atoms with Gasteiger partial charge in [-0.2, -0.15) is 0 Å². The number of carbonyl (C=O) groups excluding carboxylic acids is 1. The lowest BCUT2D eigenvalue weighted by Crippen LogP contribution is -2.46. The zero-order chi connectivity index (χ0) is 14.4. The van der Waals surface area contributed by atoms with E-state index in [4.69, 9.17) is 9.15 Å². The van der Waals surface area contributed by atoms with Crippen LogP contribution in [0.25, 0.3) is 0 Å². The molecule has 0 atom stereocenters. The monoisotopic (exact) mass is 281 g/mol. The number of carboxylic acid groups (broad SMARTS) is 1. The van der Waals surface area contributed by atoms with Crippen molar-refractivity contribution in [2.45, 2.75) is 25.7 Å². The Morgan fingerprint density at radius 2 is 2.10 bits per heavy atom. The smallest absolute Gasteiger partial charge is 0.311 e. The second kappa shape index (κ2) is 6.56. The van der Waals surface area contributed by atoms with Crippen LogP contribution in [-0.4, -0.2) is 36.7 Å². The summed E-state index contributed by atoms with van der Waals surface area (Å²) in [5, 5.41) is 12.1. The van der Waals surface area contributed by atoms with Crippen molar-refractivity contribution in [2.75, 3.05) is 19.8 Å². The predicted octanol–water partition coefficient (Wildman–Crippen LogP) is 1.21. The molecular formula is C14H19NO5. The van der Waals surface area contributed by atoms with Gasteiger partial charge in [0, 0.05) is 32.6 Å². The largest absolute Gasteiger partial charge is 0.481 e. The van der Waals surface area contributed by atoms with E-state index in [1.165, 1.54) is 0 Å². The van der Waals surface area contributed by atoms with Crippen molar-refractivity contribution < 1.29 is 23.8 Å². The summed E-state index contributed by atoms with van der Waals surface area (Å²) < 4.78 is 10.3. The second-order valence-electron chi connectivity index (χ2n) is 5.05. The molecule has 0 aromatic carbocycles. The molecule has 1 saturated heterocycles. The van der Waals surface area contributed by atoms with Gasteiger partial charge in [0.1, 0.15) is 5.76 Å². The summed E-state index contributed by atoms with van der Waals surface area (Å²) in [5.74, 6) is -0.278. The third kappa shape index (κ3) is 3.60. The number of aryl methyl sites for hydroxylation is 1. The Balaban J connectivity index is 1.80. The minimum atomic E-state index is -0.890. The highest BCUT2D eigenvalue weighted by Gasteiger charge is 2.40. The van der Waals surface area contributed by atoms with Gasteiger partial charge in [-0.1, -0.05) is 0 Å². The molecule has 2 N–H and O–H groups in total. The lowest BCUT2D eigenvalue weighted by atomic mass is 9.80. The molecule has 0 aliphatic carbocycles. The van der Waals surface area contributed by atoms with E-state index in [1.807, 2.05) is 6.07 Å². The van der Waals surface area contributed by atoms with Crippen molar-refractivity contribution in [3.05, 3.63) is 24.2 Å². The van der Waals surface area contributed by atoms with Crippen molar-refractivity contribution >= 4 is 11.9 Å². The summed E-state index contributed by atoms with van der Waals surface area (Å²) in [7, 11) is 0. The van der Waals surface area contributed by atoms with Crippen LogP contribution in [0.2, 0.25) is 0 Å². The van der Waals surface area contributed by atoms with Crippen LogP contribution in [0.3, 0.4) is 0 Å². The molecule has 2 rings (SSSR count). The number of hydrogen-bond donors (Lipinski definition) is 2. The molecule has 1 fully saturated rings. The van der Waals surface area contributed by atoms with Gasteiger partial charge in [0.2, 0.25) is 5.91 Å². The molecular weight excluding hydrogens is 262 g/mol. The van der Waals surface area contributed by atoms with Crippen LogP contribution in [0.1, 0.15) is 25.0 Å². The van der Waals surface area contributed by atoms with E-state index in [-0.39, 0.29) is 12.5 Å². The maximum atomic E-state index is 11.8. The van der Waals surface area contributed by atoms with Crippen LogP contribution in [0, 0.1) is 5.41 Å². The molecule has 0 radical (unpaired) electrons. The highest BCUT2D eigenvalue weighted by molar-refractivity contribution is 5.79. The van der Waals surface area contributed by atoms with Crippen molar-refractivity contribution in [1.82, 2.24) is 5.32 Å². The normalized spacial score (nSPS) is 17.6. The lowest BCUT2D eigenvalue weighted by molar-refractivity contribution is -0.154. The van der Waals surface area contributed by atoms with Gasteiger partial charge in [0.15, 0.2) is 0 Å². The zero-order valence-electron chi connectivity index (χ0n) is 11.3. The van der Waals surface area contributed by atoms with Gasteiger partial charge in [0.25, 0.3) is 0 Å². The molecule has 1 aromatic rings. The SMILES string of the molecule is O=C(CCc1ccco1)NCC1(C(=O)O)CCOCC1. The van der Waals surface area contributed by atoms with E-state index in [0.29, 0.717) is 38.9 Å². The molecule has 0 bridgehead atoms. The number of rotatable bonds is 6. The maximum absolute atomic E-state index is 11.8. The number of amides is 1. The minimum absolute atomic E-state index is 0.155. The number of aliphatic carboxylic acids is 1. The molecule has 6 nitrogen and oxygen atoms in total. The van der Waals surface area contributed by atoms with Crippen LogP contribution in [0.4, 0.5) is 0 Å². The van der Waals surface area contributed by atoms with E-state index in [2.05, 4.69) is 5.32 Å². The maximum Gasteiger partial charge on any atom is 0.311 e. The fourth-order valence-corrected chi connectivity index (χ4v) is 2.28.